The molecule has 1 fully saturated rings. The Balaban J connectivity index is 1.37. The molecular weight excluding hydrogens is 458 g/mol. The lowest BCUT2D eigenvalue weighted by molar-refractivity contribution is -0.118. The van der Waals surface area contributed by atoms with E-state index in [1.54, 1.807) is 0 Å². The van der Waals surface area contributed by atoms with E-state index >= 15 is 0 Å². The van der Waals surface area contributed by atoms with Gasteiger partial charge >= 0.3 is 0 Å². The highest BCUT2D eigenvalue weighted by molar-refractivity contribution is 7.15. The molecule has 8 heteroatoms. The van der Waals surface area contributed by atoms with Crippen molar-refractivity contribution in [2.24, 2.45) is 0 Å². The highest BCUT2D eigenvalue weighted by Crippen LogP contribution is 2.51. The SMILES string of the molecule is CCN(CC)C(c1ccc(Cl)cc1)c1cnc(NC(=O)C2(c3ccc4c(c3)OCO4)CC2)s1. The molecule has 1 atom stereocenters. The molecular formula is C25H26ClN3O3S. The van der Waals surface area contributed by atoms with Gasteiger partial charge in [0.15, 0.2) is 16.6 Å². The van der Waals surface area contributed by atoms with E-state index < -0.39 is 5.41 Å². The van der Waals surface area contributed by atoms with Gasteiger partial charge in [0.2, 0.25) is 12.7 Å². The molecule has 2 heterocycles. The van der Waals surface area contributed by atoms with Crippen LogP contribution in [0.2, 0.25) is 5.02 Å². The molecule has 0 bridgehead atoms. The third kappa shape index (κ3) is 4.21. The summed E-state index contributed by atoms with van der Waals surface area (Å²) in [5.41, 5.74) is 1.59. The van der Waals surface area contributed by atoms with Crippen LogP contribution >= 0.6 is 22.9 Å². The van der Waals surface area contributed by atoms with E-state index in [0.717, 1.165) is 47.7 Å². The molecule has 2 aromatic carbocycles. The topological polar surface area (TPSA) is 63.7 Å². The Bertz CT molecular complexity index is 1160. The van der Waals surface area contributed by atoms with Gasteiger partial charge in [-0.3, -0.25) is 9.69 Å². The van der Waals surface area contributed by atoms with E-state index in [0.29, 0.717) is 15.9 Å². The van der Waals surface area contributed by atoms with Crippen LogP contribution in [0.25, 0.3) is 0 Å². The van der Waals surface area contributed by atoms with Gasteiger partial charge in [-0.25, -0.2) is 4.98 Å². The molecule has 0 saturated heterocycles. The van der Waals surface area contributed by atoms with Crippen molar-refractivity contribution in [3.05, 3.63) is 69.7 Å². The number of rotatable bonds is 8. The number of anilines is 1. The van der Waals surface area contributed by atoms with Crippen LogP contribution in [-0.4, -0.2) is 35.7 Å². The monoisotopic (exact) mass is 483 g/mol. The molecule has 172 valence electrons. The maximum atomic E-state index is 13.3. The zero-order valence-corrected chi connectivity index (χ0v) is 20.2. The minimum atomic E-state index is -0.527. The van der Waals surface area contributed by atoms with Crippen LogP contribution in [0.4, 0.5) is 5.13 Å². The summed E-state index contributed by atoms with van der Waals surface area (Å²) in [6.45, 7) is 6.32. The molecule has 1 saturated carbocycles. The van der Waals surface area contributed by atoms with Gasteiger partial charge in [-0.2, -0.15) is 0 Å². The number of hydrogen-bond acceptors (Lipinski definition) is 6. The molecule has 1 aromatic heterocycles. The number of aromatic nitrogens is 1. The molecule has 1 aliphatic carbocycles. The maximum Gasteiger partial charge on any atom is 0.236 e. The van der Waals surface area contributed by atoms with Crippen LogP contribution in [-0.2, 0) is 10.2 Å². The van der Waals surface area contributed by atoms with Crippen molar-refractivity contribution in [1.82, 2.24) is 9.88 Å². The third-order valence-corrected chi connectivity index (χ3v) is 7.70. The largest absolute Gasteiger partial charge is 0.454 e. The third-order valence-electron chi connectivity index (χ3n) is 6.49. The van der Waals surface area contributed by atoms with Crippen molar-refractivity contribution >= 4 is 34.0 Å². The Hall–Kier alpha value is -2.61. The first kappa shape index (κ1) is 22.2. The van der Waals surface area contributed by atoms with Crippen molar-refractivity contribution in [2.45, 2.75) is 38.1 Å². The average Bonchev–Trinajstić information content (AvgIpc) is 3.29. The summed E-state index contributed by atoms with van der Waals surface area (Å²) in [6, 6.07) is 13.8. The van der Waals surface area contributed by atoms with Crippen LogP contribution in [0, 0.1) is 0 Å². The molecule has 1 unspecified atom stereocenters. The number of carbonyl (C=O) groups is 1. The number of fused-ring (bicyclic) bond motifs is 1. The molecule has 2 aliphatic rings. The number of amides is 1. The van der Waals surface area contributed by atoms with Gasteiger partial charge in [0.1, 0.15) is 0 Å². The summed E-state index contributed by atoms with van der Waals surface area (Å²) in [6.07, 6.45) is 3.49. The van der Waals surface area contributed by atoms with Gasteiger partial charge < -0.3 is 14.8 Å². The predicted molar refractivity (Wildman–Crippen MR) is 130 cm³/mol. The van der Waals surface area contributed by atoms with Crippen molar-refractivity contribution in [2.75, 3.05) is 25.2 Å². The zero-order chi connectivity index (χ0) is 23.0. The fourth-order valence-corrected chi connectivity index (χ4v) is 5.54. The normalized spacial score (nSPS) is 16.6. The van der Waals surface area contributed by atoms with Gasteiger partial charge in [0, 0.05) is 16.1 Å². The second kappa shape index (κ2) is 8.97. The van der Waals surface area contributed by atoms with Crippen LogP contribution < -0.4 is 14.8 Å². The number of hydrogen-bond donors (Lipinski definition) is 1. The first-order valence-electron chi connectivity index (χ1n) is 11.2. The van der Waals surface area contributed by atoms with Crippen LogP contribution in [0.3, 0.4) is 0 Å². The number of thiazole rings is 1. The van der Waals surface area contributed by atoms with Crippen molar-refractivity contribution in [1.29, 1.82) is 0 Å². The Morgan fingerprint density at radius 3 is 2.58 bits per heavy atom. The number of nitrogens with one attached hydrogen (secondary N) is 1. The highest BCUT2D eigenvalue weighted by Gasteiger charge is 2.52. The second-order valence-corrected chi connectivity index (χ2v) is 9.85. The van der Waals surface area contributed by atoms with Gasteiger partial charge in [-0.05, 0) is 61.3 Å². The minimum absolute atomic E-state index is 0.0202. The molecule has 0 radical (unpaired) electrons. The van der Waals surface area contributed by atoms with E-state index in [1.165, 1.54) is 11.3 Å². The highest BCUT2D eigenvalue weighted by atomic mass is 35.5. The quantitative estimate of drug-likeness (QED) is 0.450. The first-order chi connectivity index (χ1) is 16.0. The molecule has 1 amide bonds. The second-order valence-electron chi connectivity index (χ2n) is 8.35. The molecule has 1 N–H and O–H groups in total. The predicted octanol–water partition coefficient (Wildman–Crippen LogP) is 5.63. The van der Waals surface area contributed by atoms with Crippen LogP contribution in [0.15, 0.2) is 48.7 Å². The van der Waals surface area contributed by atoms with Crippen LogP contribution in [0.1, 0.15) is 48.7 Å². The Morgan fingerprint density at radius 1 is 1.15 bits per heavy atom. The number of carbonyl (C=O) groups excluding carboxylic acids is 1. The number of benzene rings is 2. The van der Waals surface area contributed by atoms with Crippen molar-refractivity contribution in [3.63, 3.8) is 0 Å². The standard InChI is InChI=1S/C25H26ClN3O3S/c1-3-29(4-2)22(16-5-8-18(26)9-6-16)21-14-27-24(33-21)28-23(30)25(11-12-25)17-7-10-19-20(13-17)32-15-31-19/h5-10,13-14,22H,3-4,11-12,15H2,1-2H3,(H,27,28,30). The van der Waals surface area contributed by atoms with Crippen LogP contribution in [0.5, 0.6) is 11.5 Å². The fourth-order valence-electron chi connectivity index (χ4n) is 4.44. The van der Waals surface area contributed by atoms with E-state index in [-0.39, 0.29) is 18.7 Å². The van der Waals surface area contributed by atoms with E-state index in [2.05, 4.69) is 41.2 Å². The summed E-state index contributed by atoms with van der Waals surface area (Å²) in [5.74, 6) is 1.41. The minimum Gasteiger partial charge on any atom is -0.454 e. The van der Waals surface area contributed by atoms with Gasteiger partial charge in [-0.1, -0.05) is 55.0 Å². The lowest BCUT2D eigenvalue weighted by atomic mass is 9.94. The average molecular weight is 484 g/mol. The number of ether oxygens (including phenoxy) is 2. The molecule has 5 rings (SSSR count). The molecule has 3 aromatic rings. The van der Waals surface area contributed by atoms with Gasteiger partial charge in [0.25, 0.3) is 0 Å². The van der Waals surface area contributed by atoms with Crippen molar-refractivity contribution in [3.8, 4) is 11.5 Å². The smallest absolute Gasteiger partial charge is 0.236 e. The summed E-state index contributed by atoms with van der Waals surface area (Å²) >= 11 is 7.64. The Labute approximate surface area is 202 Å². The fraction of sp³-hybridized carbons (Fsp3) is 0.360. The van der Waals surface area contributed by atoms with Crippen molar-refractivity contribution < 1.29 is 14.3 Å². The Morgan fingerprint density at radius 2 is 1.88 bits per heavy atom. The lowest BCUT2D eigenvalue weighted by Gasteiger charge is -2.29. The maximum absolute atomic E-state index is 13.3. The van der Waals surface area contributed by atoms with E-state index in [9.17, 15) is 4.79 Å². The van der Waals surface area contributed by atoms with E-state index in [4.69, 9.17) is 21.1 Å². The number of halogens is 1. The summed E-state index contributed by atoms with van der Waals surface area (Å²) in [5, 5.41) is 4.41. The number of nitrogens with zero attached hydrogens (tertiary/aromatic N) is 2. The first-order valence-corrected chi connectivity index (χ1v) is 12.4. The molecule has 33 heavy (non-hydrogen) atoms. The van der Waals surface area contributed by atoms with Gasteiger partial charge in [0.05, 0.1) is 11.5 Å². The summed E-state index contributed by atoms with van der Waals surface area (Å²) in [7, 11) is 0. The molecule has 6 nitrogen and oxygen atoms in total. The summed E-state index contributed by atoms with van der Waals surface area (Å²) in [4.78, 5) is 21.3. The summed E-state index contributed by atoms with van der Waals surface area (Å²) < 4.78 is 10.9. The Kier molecular flexibility index (Phi) is 6.03. The lowest BCUT2D eigenvalue weighted by Crippen LogP contribution is -2.28. The van der Waals surface area contributed by atoms with E-state index in [1.807, 2.05) is 36.5 Å². The molecule has 0 spiro atoms. The molecule has 1 aliphatic heterocycles. The van der Waals surface area contributed by atoms with Gasteiger partial charge in [-0.15, -0.1) is 0 Å². The zero-order valence-electron chi connectivity index (χ0n) is 18.6.